The van der Waals surface area contributed by atoms with Crippen LogP contribution in [0.15, 0.2) is 40.7 Å². The Labute approximate surface area is 86.2 Å². The molecule has 0 saturated carbocycles. The lowest BCUT2D eigenvalue weighted by molar-refractivity contribution is -0.419. The maximum atomic E-state index is 10.6. The molecule has 1 aliphatic carbocycles. The molecule has 80 valence electrons. The highest BCUT2D eigenvalue weighted by Crippen LogP contribution is 2.15. The third kappa shape index (κ3) is 2.67. The largest absolute Gasteiger partial charge is 0.409 e. The van der Waals surface area contributed by atoms with Gasteiger partial charge in [-0.3, -0.25) is 10.1 Å². The molecule has 1 aliphatic rings. The maximum absolute atomic E-state index is 10.6. The first kappa shape index (κ1) is 11.0. The summed E-state index contributed by atoms with van der Waals surface area (Å²) in [6.45, 7) is 1.78. The molecule has 0 radical (unpaired) electrons. The zero-order valence-electron chi connectivity index (χ0n) is 8.12. The van der Waals surface area contributed by atoms with Crippen LogP contribution in [0.4, 0.5) is 0 Å². The van der Waals surface area contributed by atoms with Gasteiger partial charge in [-0.2, -0.15) is 0 Å². The van der Waals surface area contributed by atoms with Crippen LogP contribution in [0.5, 0.6) is 0 Å². The molecule has 3 N–H and O–H groups in total. The Kier molecular flexibility index (Phi) is 3.22. The Bertz CT molecular complexity index is 393. The van der Waals surface area contributed by atoms with Crippen molar-refractivity contribution < 1.29 is 10.1 Å². The average molecular weight is 209 g/mol. The van der Waals surface area contributed by atoms with Crippen molar-refractivity contribution in [3.8, 4) is 0 Å². The van der Waals surface area contributed by atoms with E-state index in [0.717, 1.165) is 0 Å². The van der Waals surface area contributed by atoms with Crippen molar-refractivity contribution in [1.29, 1.82) is 0 Å². The minimum Gasteiger partial charge on any atom is -0.409 e. The summed E-state index contributed by atoms with van der Waals surface area (Å²) in [5, 5.41) is 21.9. The Balaban J connectivity index is 3.03. The third-order valence-electron chi connectivity index (χ3n) is 1.92. The van der Waals surface area contributed by atoms with Crippen molar-refractivity contribution in [2.75, 3.05) is 0 Å². The van der Waals surface area contributed by atoms with Gasteiger partial charge in [0.2, 0.25) is 0 Å². The minimum absolute atomic E-state index is 0.000472. The normalized spacial score (nSPS) is 21.7. The summed E-state index contributed by atoms with van der Waals surface area (Å²) in [5.41, 5.74) is 5.86. The van der Waals surface area contributed by atoms with Crippen molar-refractivity contribution >= 4 is 5.84 Å². The molecular formula is C9H11N3O3. The predicted molar refractivity (Wildman–Crippen MR) is 54.9 cm³/mol. The van der Waals surface area contributed by atoms with Gasteiger partial charge in [-0.25, -0.2) is 0 Å². The molecule has 0 saturated heterocycles. The molecule has 1 unspecified atom stereocenters. The van der Waals surface area contributed by atoms with Crippen LogP contribution in [0.2, 0.25) is 0 Å². The molecule has 0 aliphatic heterocycles. The summed E-state index contributed by atoms with van der Waals surface area (Å²) >= 11 is 0. The lowest BCUT2D eigenvalue weighted by atomic mass is 10.1. The highest BCUT2D eigenvalue weighted by atomic mass is 16.6. The van der Waals surface area contributed by atoms with Gasteiger partial charge in [-0.15, -0.1) is 0 Å². The van der Waals surface area contributed by atoms with Crippen LogP contribution in [-0.2, 0) is 0 Å². The van der Waals surface area contributed by atoms with Gasteiger partial charge >= 0.3 is 0 Å². The van der Waals surface area contributed by atoms with Gasteiger partial charge in [0.1, 0.15) is 0 Å². The minimum atomic E-state index is -0.476. The zero-order chi connectivity index (χ0) is 11.4. The molecule has 0 amide bonds. The highest BCUT2D eigenvalue weighted by Gasteiger charge is 2.13. The zero-order valence-corrected chi connectivity index (χ0v) is 8.12. The number of nitrogens with zero attached hydrogens (tertiary/aromatic N) is 2. The number of nitro groups is 1. The monoisotopic (exact) mass is 209 g/mol. The standard InChI is InChI=1S/C9H11N3O3/c1-6-4-7(9(10)11-13)2-3-8(5-6)12(14)15/h2-6,13H,1H3,(H2,10,11). The van der Waals surface area contributed by atoms with Crippen LogP contribution >= 0.6 is 0 Å². The van der Waals surface area contributed by atoms with Crippen LogP contribution < -0.4 is 5.73 Å². The van der Waals surface area contributed by atoms with Gasteiger partial charge in [-0.1, -0.05) is 18.2 Å². The summed E-state index contributed by atoms with van der Waals surface area (Å²) < 4.78 is 0. The molecule has 0 fully saturated rings. The van der Waals surface area contributed by atoms with E-state index >= 15 is 0 Å². The van der Waals surface area contributed by atoms with E-state index in [1.165, 1.54) is 18.2 Å². The predicted octanol–water partition coefficient (Wildman–Crippen LogP) is 1.03. The average Bonchev–Trinajstić information content (AvgIpc) is 2.38. The summed E-state index contributed by atoms with van der Waals surface area (Å²) in [4.78, 5) is 10.1. The van der Waals surface area contributed by atoms with Gasteiger partial charge in [-0.05, 0) is 12.0 Å². The van der Waals surface area contributed by atoms with Crippen LogP contribution in [0.1, 0.15) is 6.92 Å². The van der Waals surface area contributed by atoms with E-state index in [9.17, 15) is 10.1 Å². The second-order valence-electron chi connectivity index (χ2n) is 3.15. The molecule has 0 bridgehead atoms. The Morgan fingerprint density at radius 1 is 1.60 bits per heavy atom. The fraction of sp³-hybridized carbons (Fsp3) is 0.222. The van der Waals surface area contributed by atoms with E-state index in [0.29, 0.717) is 5.57 Å². The SMILES string of the molecule is CC1C=C(/C(N)=N/O)C=CC([N+](=O)[O-])=C1. The summed E-state index contributed by atoms with van der Waals surface area (Å²) in [6, 6.07) is 0. The summed E-state index contributed by atoms with van der Waals surface area (Å²) in [7, 11) is 0. The number of hydrogen-bond donors (Lipinski definition) is 2. The Morgan fingerprint density at radius 2 is 2.27 bits per heavy atom. The number of hydrogen-bond acceptors (Lipinski definition) is 4. The van der Waals surface area contributed by atoms with Crippen LogP contribution in [0.3, 0.4) is 0 Å². The number of allylic oxidation sites excluding steroid dienone is 3. The number of rotatable bonds is 2. The molecule has 15 heavy (non-hydrogen) atoms. The van der Waals surface area contributed by atoms with E-state index in [4.69, 9.17) is 10.9 Å². The van der Waals surface area contributed by atoms with Gasteiger partial charge in [0.15, 0.2) is 5.84 Å². The lowest BCUT2D eigenvalue weighted by Gasteiger charge is -2.00. The maximum Gasteiger partial charge on any atom is 0.266 e. The fourth-order valence-electron chi connectivity index (χ4n) is 1.24. The van der Waals surface area contributed by atoms with Crippen molar-refractivity contribution in [2.45, 2.75) is 6.92 Å². The first-order valence-corrected chi connectivity index (χ1v) is 4.28. The van der Waals surface area contributed by atoms with Crippen LogP contribution in [-0.4, -0.2) is 16.0 Å². The van der Waals surface area contributed by atoms with Gasteiger partial charge in [0.25, 0.3) is 5.70 Å². The first-order valence-electron chi connectivity index (χ1n) is 4.28. The molecule has 6 heteroatoms. The topological polar surface area (TPSA) is 102 Å². The van der Waals surface area contributed by atoms with E-state index in [-0.39, 0.29) is 17.5 Å². The first-order chi connectivity index (χ1) is 7.04. The molecule has 0 heterocycles. The highest BCUT2D eigenvalue weighted by molar-refractivity contribution is 5.99. The molecule has 0 aromatic heterocycles. The van der Waals surface area contributed by atoms with E-state index in [1.807, 2.05) is 0 Å². The van der Waals surface area contributed by atoms with Crippen molar-refractivity contribution in [2.24, 2.45) is 16.8 Å². The molecule has 0 aromatic carbocycles. The van der Waals surface area contributed by atoms with E-state index in [1.54, 1.807) is 13.0 Å². The summed E-state index contributed by atoms with van der Waals surface area (Å²) in [5.74, 6) is -0.202. The molecule has 0 spiro atoms. The van der Waals surface area contributed by atoms with Gasteiger partial charge in [0, 0.05) is 17.7 Å². The Hall–Kier alpha value is -2.11. The van der Waals surface area contributed by atoms with Crippen molar-refractivity contribution in [1.82, 2.24) is 0 Å². The van der Waals surface area contributed by atoms with Gasteiger partial charge < -0.3 is 10.9 Å². The second kappa shape index (κ2) is 4.41. The quantitative estimate of drug-likeness (QED) is 0.233. The van der Waals surface area contributed by atoms with Gasteiger partial charge in [0.05, 0.1) is 4.92 Å². The van der Waals surface area contributed by atoms with Crippen LogP contribution in [0.25, 0.3) is 0 Å². The van der Waals surface area contributed by atoms with E-state index < -0.39 is 4.92 Å². The lowest BCUT2D eigenvalue weighted by Crippen LogP contribution is -2.13. The van der Waals surface area contributed by atoms with Crippen LogP contribution in [0, 0.1) is 16.0 Å². The molecule has 0 aromatic rings. The van der Waals surface area contributed by atoms with E-state index in [2.05, 4.69) is 5.16 Å². The van der Waals surface area contributed by atoms with Crippen molar-refractivity contribution in [3.63, 3.8) is 0 Å². The Morgan fingerprint density at radius 3 is 2.80 bits per heavy atom. The number of oxime groups is 1. The molecular weight excluding hydrogens is 198 g/mol. The fourth-order valence-corrected chi connectivity index (χ4v) is 1.24. The second-order valence-corrected chi connectivity index (χ2v) is 3.15. The third-order valence-corrected chi connectivity index (χ3v) is 1.92. The smallest absolute Gasteiger partial charge is 0.266 e. The molecule has 1 atom stereocenters. The number of amidine groups is 1. The molecule has 1 rings (SSSR count). The summed E-state index contributed by atoms with van der Waals surface area (Å²) in [6.07, 6.45) is 5.96. The number of nitrogens with two attached hydrogens (primary N) is 1. The molecule has 6 nitrogen and oxygen atoms in total. The van der Waals surface area contributed by atoms with Crippen molar-refractivity contribution in [3.05, 3.63) is 45.7 Å².